The van der Waals surface area contributed by atoms with Gasteiger partial charge in [-0.2, -0.15) is 0 Å². The molecular formula is C23H17FO2S. The van der Waals surface area contributed by atoms with Gasteiger partial charge in [0.05, 0.1) is 12.0 Å². The summed E-state index contributed by atoms with van der Waals surface area (Å²) in [6.07, 6.45) is 1.79. The van der Waals surface area contributed by atoms with Crippen molar-refractivity contribution in [2.24, 2.45) is 0 Å². The Morgan fingerprint density at radius 1 is 0.926 bits per heavy atom. The summed E-state index contributed by atoms with van der Waals surface area (Å²) in [6, 6.07) is 20.1. The Kier molecular flexibility index (Phi) is 4.65. The van der Waals surface area contributed by atoms with Crippen molar-refractivity contribution in [2.45, 2.75) is 0 Å². The van der Waals surface area contributed by atoms with Crippen LogP contribution in [0.1, 0.15) is 5.56 Å². The van der Waals surface area contributed by atoms with E-state index in [0.717, 1.165) is 43.3 Å². The second kappa shape index (κ2) is 7.25. The van der Waals surface area contributed by atoms with Crippen molar-refractivity contribution < 1.29 is 13.9 Å². The van der Waals surface area contributed by atoms with Crippen LogP contribution in [0.5, 0.6) is 17.2 Å². The highest BCUT2D eigenvalue weighted by Gasteiger charge is 2.17. The number of hydrogen-bond acceptors (Lipinski definition) is 3. The molecule has 0 atom stereocenters. The number of ether oxygens (including phenoxy) is 2. The average Bonchev–Trinajstić information content (AvgIpc) is 3.06. The lowest BCUT2D eigenvalue weighted by Gasteiger charge is -2.09. The van der Waals surface area contributed by atoms with Crippen LogP contribution in [0.4, 0.5) is 4.39 Å². The standard InChI is InChI=1S/C23H17FO2S/c1-3-15-4-10-18(11-5-15)26-22-20-13-12-19(25-2)14-21(20)27-23(22)16-6-8-17(24)9-7-16/h3-14H,1H2,2H3. The maximum absolute atomic E-state index is 13.4. The van der Waals surface area contributed by atoms with Gasteiger partial charge in [0, 0.05) is 10.1 Å². The predicted octanol–water partition coefficient (Wildman–Crippen LogP) is 7.15. The van der Waals surface area contributed by atoms with E-state index in [2.05, 4.69) is 6.58 Å². The first kappa shape index (κ1) is 17.3. The first-order valence-electron chi connectivity index (χ1n) is 8.45. The lowest BCUT2D eigenvalue weighted by molar-refractivity contribution is 0.415. The molecule has 2 nitrogen and oxygen atoms in total. The van der Waals surface area contributed by atoms with E-state index >= 15 is 0 Å². The van der Waals surface area contributed by atoms with Crippen molar-refractivity contribution in [2.75, 3.05) is 7.11 Å². The van der Waals surface area contributed by atoms with Crippen LogP contribution >= 0.6 is 11.3 Å². The third kappa shape index (κ3) is 3.44. The quantitative estimate of drug-likeness (QED) is 0.368. The second-order valence-electron chi connectivity index (χ2n) is 6.00. The predicted molar refractivity (Wildman–Crippen MR) is 110 cm³/mol. The summed E-state index contributed by atoms with van der Waals surface area (Å²) >= 11 is 1.60. The molecule has 0 aliphatic carbocycles. The fourth-order valence-electron chi connectivity index (χ4n) is 2.86. The summed E-state index contributed by atoms with van der Waals surface area (Å²) in [5, 5.41) is 0.993. The lowest BCUT2D eigenvalue weighted by Crippen LogP contribution is -1.86. The highest BCUT2D eigenvalue weighted by Crippen LogP contribution is 2.47. The Labute approximate surface area is 161 Å². The van der Waals surface area contributed by atoms with E-state index in [4.69, 9.17) is 9.47 Å². The minimum atomic E-state index is -0.260. The molecule has 0 fully saturated rings. The number of fused-ring (bicyclic) bond motifs is 1. The molecule has 0 aliphatic heterocycles. The average molecular weight is 376 g/mol. The molecule has 0 amide bonds. The van der Waals surface area contributed by atoms with Crippen molar-refractivity contribution in [3.05, 3.63) is 84.7 Å². The summed E-state index contributed by atoms with van der Waals surface area (Å²) in [5.74, 6) is 2.02. The number of methoxy groups -OCH3 is 1. The molecule has 0 spiro atoms. The molecule has 0 radical (unpaired) electrons. The fourth-order valence-corrected chi connectivity index (χ4v) is 4.03. The number of halogens is 1. The second-order valence-corrected chi connectivity index (χ2v) is 7.06. The SMILES string of the molecule is C=Cc1ccc(Oc2c(-c3ccc(F)cc3)sc3cc(OC)ccc23)cc1. The molecule has 0 aliphatic rings. The molecule has 1 heterocycles. The molecule has 27 heavy (non-hydrogen) atoms. The number of hydrogen-bond donors (Lipinski definition) is 0. The number of benzene rings is 3. The van der Waals surface area contributed by atoms with Gasteiger partial charge in [0.1, 0.15) is 17.3 Å². The highest BCUT2D eigenvalue weighted by molar-refractivity contribution is 7.22. The van der Waals surface area contributed by atoms with Crippen molar-refractivity contribution in [1.82, 2.24) is 0 Å². The van der Waals surface area contributed by atoms with Crippen molar-refractivity contribution in [3.8, 4) is 27.7 Å². The monoisotopic (exact) mass is 376 g/mol. The lowest BCUT2D eigenvalue weighted by atomic mass is 10.1. The van der Waals surface area contributed by atoms with E-state index < -0.39 is 0 Å². The zero-order chi connectivity index (χ0) is 18.8. The Balaban J connectivity index is 1.85. The topological polar surface area (TPSA) is 18.5 Å². The number of rotatable bonds is 5. The van der Waals surface area contributed by atoms with Gasteiger partial charge >= 0.3 is 0 Å². The van der Waals surface area contributed by atoms with E-state index in [1.165, 1.54) is 12.1 Å². The Bertz CT molecular complexity index is 1100. The van der Waals surface area contributed by atoms with Crippen LogP contribution < -0.4 is 9.47 Å². The van der Waals surface area contributed by atoms with E-state index in [-0.39, 0.29) is 5.82 Å². The summed E-state index contributed by atoms with van der Waals surface area (Å²) < 4.78 is 26.0. The summed E-state index contributed by atoms with van der Waals surface area (Å²) in [6.45, 7) is 3.77. The molecule has 0 unspecified atom stereocenters. The van der Waals surface area contributed by atoms with E-state index in [0.29, 0.717) is 0 Å². The molecule has 3 aromatic carbocycles. The zero-order valence-corrected chi connectivity index (χ0v) is 15.6. The molecule has 1 aromatic heterocycles. The number of thiophene rings is 1. The Hall–Kier alpha value is -3.11. The Morgan fingerprint density at radius 3 is 2.30 bits per heavy atom. The molecule has 0 bridgehead atoms. The molecule has 0 saturated carbocycles. The minimum Gasteiger partial charge on any atom is -0.497 e. The van der Waals surface area contributed by atoms with Crippen LogP contribution in [0.15, 0.2) is 73.3 Å². The van der Waals surface area contributed by atoms with Gasteiger partial charge in [-0.1, -0.05) is 36.9 Å². The molecule has 0 N–H and O–H groups in total. The molecule has 4 aromatic rings. The molecule has 4 rings (SSSR count). The first-order valence-corrected chi connectivity index (χ1v) is 9.26. The Morgan fingerprint density at radius 2 is 1.63 bits per heavy atom. The third-order valence-electron chi connectivity index (χ3n) is 4.29. The minimum absolute atomic E-state index is 0.260. The molecule has 4 heteroatoms. The van der Waals surface area contributed by atoms with Crippen LogP contribution in [0.25, 0.3) is 26.6 Å². The van der Waals surface area contributed by atoms with Gasteiger partial charge in [-0.25, -0.2) is 4.39 Å². The summed E-state index contributed by atoms with van der Waals surface area (Å²) in [7, 11) is 1.65. The smallest absolute Gasteiger partial charge is 0.153 e. The summed E-state index contributed by atoms with van der Waals surface area (Å²) in [5.41, 5.74) is 1.94. The fraction of sp³-hybridized carbons (Fsp3) is 0.0435. The highest BCUT2D eigenvalue weighted by atomic mass is 32.1. The van der Waals surface area contributed by atoms with Crippen LogP contribution in [0.2, 0.25) is 0 Å². The van der Waals surface area contributed by atoms with Crippen molar-refractivity contribution in [3.63, 3.8) is 0 Å². The van der Waals surface area contributed by atoms with Gasteiger partial charge < -0.3 is 9.47 Å². The van der Waals surface area contributed by atoms with Gasteiger partial charge in [-0.15, -0.1) is 11.3 Å². The maximum atomic E-state index is 13.4. The zero-order valence-electron chi connectivity index (χ0n) is 14.7. The van der Waals surface area contributed by atoms with E-state index in [1.54, 1.807) is 36.7 Å². The summed E-state index contributed by atoms with van der Waals surface area (Å²) in [4.78, 5) is 0.950. The largest absolute Gasteiger partial charge is 0.497 e. The van der Waals surface area contributed by atoms with Crippen LogP contribution in [-0.4, -0.2) is 7.11 Å². The first-order chi connectivity index (χ1) is 13.2. The van der Waals surface area contributed by atoms with Crippen molar-refractivity contribution >= 4 is 27.5 Å². The third-order valence-corrected chi connectivity index (χ3v) is 5.48. The van der Waals surface area contributed by atoms with Gasteiger partial charge in [-0.05, 0) is 53.6 Å². The molecule has 0 saturated heterocycles. The van der Waals surface area contributed by atoms with Gasteiger partial charge in [0.25, 0.3) is 0 Å². The van der Waals surface area contributed by atoms with Crippen LogP contribution in [-0.2, 0) is 0 Å². The normalized spacial score (nSPS) is 10.7. The maximum Gasteiger partial charge on any atom is 0.153 e. The van der Waals surface area contributed by atoms with Gasteiger partial charge in [0.15, 0.2) is 5.75 Å². The van der Waals surface area contributed by atoms with Crippen molar-refractivity contribution in [1.29, 1.82) is 0 Å². The van der Waals surface area contributed by atoms with Crippen LogP contribution in [0, 0.1) is 5.82 Å². The molecular weight excluding hydrogens is 359 g/mol. The van der Waals surface area contributed by atoms with Gasteiger partial charge in [-0.3, -0.25) is 0 Å². The van der Waals surface area contributed by atoms with Crippen LogP contribution in [0.3, 0.4) is 0 Å². The van der Waals surface area contributed by atoms with E-state index in [9.17, 15) is 4.39 Å². The molecule has 134 valence electrons. The van der Waals surface area contributed by atoms with E-state index in [1.807, 2.05) is 42.5 Å². The van der Waals surface area contributed by atoms with Gasteiger partial charge in [0.2, 0.25) is 0 Å².